The predicted octanol–water partition coefficient (Wildman–Crippen LogP) is 1.88. The number of nitrogens with zero attached hydrogens (tertiary/aromatic N) is 1. The van der Waals surface area contributed by atoms with Gasteiger partial charge in [0.15, 0.2) is 0 Å². The maximum atomic E-state index is 13.3. The first-order valence-electron chi connectivity index (χ1n) is 7.07. The lowest BCUT2D eigenvalue weighted by Gasteiger charge is -2.39. The lowest BCUT2D eigenvalue weighted by atomic mass is 9.83. The molecule has 0 bridgehead atoms. The van der Waals surface area contributed by atoms with E-state index in [0.29, 0.717) is 18.2 Å². The van der Waals surface area contributed by atoms with Crippen LogP contribution in [-0.2, 0) is 0 Å². The number of benzene rings is 1. The molecule has 1 aliphatic rings. The molecule has 0 heterocycles. The van der Waals surface area contributed by atoms with Crippen LogP contribution in [0.25, 0.3) is 0 Å². The van der Waals surface area contributed by atoms with Gasteiger partial charge in [-0.3, -0.25) is 4.79 Å². The molecular formula is C15H22FN3O. The fourth-order valence-electron chi connectivity index (χ4n) is 3.16. The third-order valence-electron chi connectivity index (χ3n) is 4.27. The van der Waals surface area contributed by atoms with Gasteiger partial charge in [-0.05, 0) is 43.5 Å². The molecule has 1 aliphatic carbocycles. The normalized spacial score (nSPS) is 22.6. The van der Waals surface area contributed by atoms with Gasteiger partial charge in [-0.15, -0.1) is 0 Å². The van der Waals surface area contributed by atoms with Gasteiger partial charge in [-0.2, -0.15) is 0 Å². The van der Waals surface area contributed by atoms with E-state index in [4.69, 9.17) is 11.5 Å². The number of halogens is 1. The molecular weight excluding hydrogens is 257 g/mol. The molecule has 0 aromatic heterocycles. The van der Waals surface area contributed by atoms with Crippen LogP contribution in [0, 0.1) is 11.7 Å². The molecule has 4 N–H and O–H groups in total. The second kappa shape index (κ2) is 6.22. The summed E-state index contributed by atoms with van der Waals surface area (Å²) in [7, 11) is 1.93. The maximum absolute atomic E-state index is 13.3. The van der Waals surface area contributed by atoms with Crippen molar-refractivity contribution >= 4 is 11.6 Å². The number of amides is 1. The van der Waals surface area contributed by atoms with E-state index in [1.807, 2.05) is 11.9 Å². The lowest BCUT2D eigenvalue weighted by Crippen LogP contribution is -2.43. The van der Waals surface area contributed by atoms with Gasteiger partial charge in [0.05, 0.1) is 5.56 Å². The summed E-state index contributed by atoms with van der Waals surface area (Å²) in [6, 6.07) is 4.46. The van der Waals surface area contributed by atoms with Crippen LogP contribution in [-0.4, -0.2) is 25.5 Å². The molecule has 110 valence electrons. The molecule has 1 fully saturated rings. The van der Waals surface area contributed by atoms with Crippen LogP contribution in [0.1, 0.15) is 36.0 Å². The van der Waals surface area contributed by atoms with Gasteiger partial charge in [0.2, 0.25) is 0 Å². The quantitative estimate of drug-likeness (QED) is 0.884. The maximum Gasteiger partial charge on any atom is 0.250 e. The molecule has 2 atom stereocenters. The van der Waals surface area contributed by atoms with E-state index in [2.05, 4.69) is 0 Å². The number of hydrogen-bond donors (Lipinski definition) is 2. The molecule has 2 unspecified atom stereocenters. The number of anilines is 1. The van der Waals surface area contributed by atoms with E-state index in [9.17, 15) is 9.18 Å². The summed E-state index contributed by atoms with van der Waals surface area (Å²) in [5, 5.41) is 0. The molecule has 1 aromatic carbocycles. The van der Waals surface area contributed by atoms with Gasteiger partial charge in [0.25, 0.3) is 5.91 Å². The van der Waals surface area contributed by atoms with Crippen molar-refractivity contribution < 1.29 is 9.18 Å². The first kappa shape index (κ1) is 14.8. The highest BCUT2D eigenvalue weighted by atomic mass is 19.1. The minimum absolute atomic E-state index is 0.230. The third kappa shape index (κ3) is 2.93. The van der Waals surface area contributed by atoms with E-state index in [1.165, 1.54) is 18.6 Å². The van der Waals surface area contributed by atoms with Crippen LogP contribution in [0.5, 0.6) is 0 Å². The Morgan fingerprint density at radius 1 is 1.40 bits per heavy atom. The number of nitrogens with two attached hydrogens (primary N) is 2. The Hall–Kier alpha value is -1.62. The average molecular weight is 279 g/mol. The number of primary amides is 1. The second-order valence-corrected chi connectivity index (χ2v) is 5.48. The van der Waals surface area contributed by atoms with Crippen molar-refractivity contribution in [2.24, 2.45) is 17.4 Å². The summed E-state index contributed by atoms with van der Waals surface area (Å²) in [6.45, 7) is 0.627. The van der Waals surface area contributed by atoms with Gasteiger partial charge >= 0.3 is 0 Å². The summed E-state index contributed by atoms with van der Waals surface area (Å²) >= 11 is 0. The van der Waals surface area contributed by atoms with Crippen LogP contribution in [0.15, 0.2) is 18.2 Å². The van der Waals surface area contributed by atoms with Crippen molar-refractivity contribution in [3.63, 3.8) is 0 Å². The summed E-state index contributed by atoms with van der Waals surface area (Å²) < 4.78 is 13.3. The van der Waals surface area contributed by atoms with Gasteiger partial charge in [0.1, 0.15) is 5.82 Å². The summed E-state index contributed by atoms with van der Waals surface area (Å²) in [6.07, 6.45) is 4.48. The number of carbonyl (C=O) groups is 1. The van der Waals surface area contributed by atoms with E-state index in [0.717, 1.165) is 19.3 Å². The first-order valence-corrected chi connectivity index (χ1v) is 7.07. The van der Waals surface area contributed by atoms with Crippen LogP contribution < -0.4 is 16.4 Å². The van der Waals surface area contributed by atoms with Crippen molar-refractivity contribution in [1.82, 2.24) is 0 Å². The van der Waals surface area contributed by atoms with Gasteiger partial charge in [-0.1, -0.05) is 12.8 Å². The Morgan fingerprint density at radius 2 is 2.10 bits per heavy atom. The molecule has 0 aliphatic heterocycles. The summed E-state index contributed by atoms with van der Waals surface area (Å²) in [5.74, 6) is -0.652. The summed E-state index contributed by atoms with van der Waals surface area (Å²) in [5.41, 5.74) is 12.1. The molecule has 2 rings (SSSR count). The first-order chi connectivity index (χ1) is 9.54. The van der Waals surface area contributed by atoms with Crippen LogP contribution in [0.2, 0.25) is 0 Å². The Bertz CT molecular complexity index is 492. The van der Waals surface area contributed by atoms with Crippen molar-refractivity contribution in [2.45, 2.75) is 31.7 Å². The zero-order chi connectivity index (χ0) is 14.7. The van der Waals surface area contributed by atoms with E-state index >= 15 is 0 Å². The van der Waals surface area contributed by atoms with Crippen LogP contribution in [0.4, 0.5) is 10.1 Å². The molecule has 1 amide bonds. The highest BCUT2D eigenvalue weighted by molar-refractivity contribution is 5.98. The Morgan fingerprint density at radius 3 is 2.75 bits per heavy atom. The molecule has 1 aromatic rings. The fraction of sp³-hybridized carbons (Fsp3) is 0.533. The van der Waals surface area contributed by atoms with Gasteiger partial charge in [-0.25, -0.2) is 4.39 Å². The summed E-state index contributed by atoms with van der Waals surface area (Å²) in [4.78, 5) is 13.6. The topological polar surface area (TPSA) is 72.3 Å². The molecule has 20 heavy (non-hydrogen) atoms. The largest absolute Gasteiger partial charge is 0.371 e. The monoisotopic (exact) mass is 279 g/mol. The SMILES string of the molecule is CN(c1ccc(F)cc1C(N)=O)C1CCCCC1CN. The molecule has 0 spiro atoms. The average Bonchev–Trinajstić information content (AvgIpc) is 2.46. The Labute approximate surface area is 118 Å². The molecule has 4 nitrogen and oxygen atoms in total. The van der Waals surface area contributed by atoms with E-state index < -0.39 is 11.7 Å². The molecule has 0 radical (unpaired) electrons. The van der Waals surface area contributed by atoms with Crippen LogP contribution >= 0.6 is 0 Å². The highest BCUT2D eigenvalue weighted by Gasteiger charge is 2.29. The van der Waals surface area contributed by atoms with Crippen LogP contribution in [0.3, 0.4) is 0 Å². The molecule has 1 saturated carbocycles. The van der Waals surface area contributed by atoms with Crippen molar-refractivity contribution in [3.8, 4) is 0 Å². The standard InChI is InChI=1S/C15H22FN3O/c1-19(13-5-3-2-4-10(13)9-17)14-7-6-11(16)8-12(14)15(18)20/h6-8,10,13H,2-5,9,17H2,1H3,(H2,18,20). The zero-order valence-corrected chi connectivity index (χ0v) is 11.8. The number of rotatable bonds is 4. The molecule has 5 heteroatoms. The predicted molar refractivity (Wildman–Crippen MR) is 78.1 cm³/mol. The Kier molecular flexibility index (Phi) is 4.60. The fourth-order valence-corrected chi connectivity index (χ4v) is 3.16. The van der Waals surface area contributed by atoms with Crippen molar-refractivity contribution in [3.05, 3.63) is 29.6 Å². The van der Waals surface area contributed by atoms with Crippen molar-refractivity contribution in [1.29, 1.82) is 0 Å². The minimum atomic E-state index is -0.605. The highest BCUT2D eigenvalue weighted by Crippen LogP contribution is 2.32. The van der Waals surface area contributed by atoms with Gasteiger partial charge in [0, 0.05) is 18.8 Å². The second-order valence-electron chi connectivity index (χ2n) is 5.48. The third-order valence-corrected chi connectivity index (χ3v) is 4.27. The van der Waals surface area contributed by atoms with E-state index in [1.54, 1.807) is 6.07 Å². The Balaban J connectivity index is 2.32. The zero-order valence-electron chi connectivity index (χ0n) is 11.8. The smallest absolute Gasteiger partial charge is 0.250 e. The molecule has 0 saturated heterocycles. The number of hydrogen-bond acceptors (Lipinski definition) is 3. The van der Waals surface area contributed by atoms with Crippen molar-refractivity contribution in [2.75, 3.05) is 18.5 Å². The minimum Gasteiger partial charge on any atom is -0.371 e. The lowest BCUT2D eigenvalue weighted by molar-refractivity contribution is 0.1000. The van der Waals surface area contributed by atoms with Gasteiger partial charge < -0.3 is 16.4 Å². The van der Waals surface area contributed by atoms with E-state index in [-0.39, 0.29) is 11.6 Å². The number of carbonyl (C=O) groups excluding carboxylic acids is 1.